The normalized spacial score (nSPS) is 25.1. The van der Waals surface area contributed by atoms with Gasteiger partial charge in [0, 0.05) is 22.3 Å². The van der Waals surface area contributed by atoms with E-state index >= 15 is 0 Å². The molecule has 12 nitrogen and oxygen atoms in total. The number of ether oxygens (including phenoxy) is 8. The second kappa shape index (κ2) is 30.1. The summed E-state index contributed by atoms with van der Waals surface area (Å²) in [6.45, 7) is 25.4. The van der Waals surface area contributed by atoms with Crippen molar-refractivity contribution in [3.63, 3.8) is 0 Å². The fraction of sp³-hybridized carbons (Fsp3) is 0.769. The molecule has 0 aromatic carbocycles. The summed E-state index contributed by atoms with van der Waals surface area (Å²) in [5, 5.41) is 0. The van der Waals surface area contributed by atoms with Gasteiger partial charge in [0.1, 0.15) is 0 Å². The minimum atomic E-state index is -0.378. The average molecular weight is 901 g/mol. The number of hydrogen-bond donors (Lipinski definition) is 0. The van der Waals surface area contributed by atoms with E-state index in [0.717, 1.165) is 43.1 Å². The molecule has 0 aromatic heterocycles. The predicted octanol–water partition coefficient (Wildman–Crippen LogP) is 11.3. The highest BCUT2D eigenvalue weighted by Crippen LogP contribution is 2.62. The molecular formula is C52H84O12. The number of esters is 4. The van der Waals surface area contributed by atoms with Gasteiger partial charge in [-0.25, -0.2) is 19.2 Å². The Labute approximate surface area is 385 Å². The lowest BCUT2D eigenvalue weighted by Crippen LogP contribution is -2.53. The molecule has 0 aromatic rings. The Morgan fingerprint density at radius 3 is 1.17 bits per heavy atom. The largest absolute Gasteiger partial charge is 0.435 e. The zero-order valence-corrected chi connectivity index (χ0v) is 40.4. The predicted molar refractivity (Wildman–Crippen MR) is 247 cm³/mol. The Morgan fingerprint density at radius 2 is 0.781 bits per heavy atom. The Kier molecular flexibility index (Phi) is 25.8. The maximum Gasteiger partial charge on any atom is 0.335 e. The summed E-state index contributed by atoms with van der Waals surface area (Å²) in [4.78, 5) is 44.3. The summed E-state index contributed by atoms with van der Waals surface area (Å²) in [5.74, 6) is 3.42. The van der Waals surface area contributed by atoms with Crippen LogP contribution in [0.1, 0.15) is 163 Å². The molecule has 0 spiro atoms. The van der Waals surface area contributed by atoms with Gasteiger partial charge in [0.25, 0.3) is 0 Å². The molecule has 0 unspecified atom stereocenters. The Bertz CT molecular complexity index is 1450. The second-order valence-corrected chi connectivity index (χ2v) is 19.7. The molecule has 7 rings (SSSR count). The quantitative estimate of drug-likeness (QED) is 0.0304. The number of rotatable bonds is 19. The fourth-order valence-electron chi connectivity index (χ4n) is 10.1. The molecule has 7 aliphatic carbocycles. The molecule has 7 aliphatic rings. The van der Waals surface area contributed by atoms with Crippen LogP contribution in [0.15, 0.2) is 48.6 Å². The van der Waals surface area contributed by atoms with Crippen LogP contribution in [0.2, 0.25) is 0 Å². The maximum atomic E-state index is 11.3. The van der Waals surface area contributed by atoms with E-state index in [-0.39, 0.29) is 57.2 Å². The first kappa shape index (κ1) is 55.0. The van der Waals surface area contributed by atoms with Crippen molar-refractivity contribution < 1.29 is 57.1 Å². The molecule has 4 bridgehead atoms. The standard InChI is InChI=1S/C17H26O3.2C12H20O3.C11H18O3/c1-11(2)16(18)20-10-19-9-17(3)14-5-12-4-13(7-14)8-15(17)6-12;1-10(2)12(13)15-9-14-8-11-6-4-3-5-7-11;1-10(2)12(13)15-9-14-11-7-5-3-4-6-8-11;1-9(2)11(12)14-8-13-7-10-5-3-4-6-10/h12-15H,1,4-10H2,2-3H3;2*11H,1,3-9H2,2H3;10H,1,3-8H2,2H3. The van der Waals surface area contributed by atoms with E-state index in [1.54, 1.807) is 27.7 Å². The van der Waals surface area contributed by atoms with Crippen LogP contribution in [-0.4, -0.2) is 77.0 Å². The van der Waals surface area contributed by atoms with Crippen LogP contribution in [0.3, 0.4) is 0 Å². The summed E-state index contributed by atoms with van der Waals surface area (Å²) < 4.78 is 41.3. The van der Waals surface area contributed by atoms with Crippen molar-refractivity contribution in [1.82, 2.24) is 0 Å². The summed E-state index contributed by atoms with van der Waals surface area (Å²) in [6.07, 6.45) is 26.0. The molecule has 0 N–H and O–H groups in total. The van der Waals surface area contributed by atoms with Gasteiger partial charge in [-0.15, -0.1) is 0 Å². The zero-order chi connectivity index (χ0) is 46.9. The Morgan fingerprint density at radius 1 is 0.453 bits per heavy atom. The molecular weight excluding hydrogens is 817 g/mol. The molecule has 0 radical (unpaired) electrons. The van der Waals surface area contributed by atoms with E-state index in [1.165, 1.54) is 116 Å². The monoisotopic (exact) mass is 901 g/mol. The summed E-state index contributed by atoms with van der Waals surface area (Å²) in [5.41, 5.74) is 1.96. The summed E-state index contributed by atoms with van der Waals surface area (Å²) >= 11 is 0. The van der Waals surface area contributed by atoms with Crippen molar-refractivity contribution in [2.45, 2.75) is 169 Å². The lowest BCUT2D eigenvalue weighted by molar-refractivity contribution is -0.171. The smallest absolute Gasteiger partial charge is 0.335 e. The highest BCUT2D eigenvalue weighted by atomic mass is 16.7. The minimum Gasteiger partial charge on any atom is -0.435 e. The Hall–Kier alpha value is -3.32. The van der Waals surface area contributed by atoms with Gasteiger partial charge in [-0.1, -0.05) is 91.0 Å². The SMILES string of the molecule is C=C(C)C(=O)OCOC1CCCCCC1.C=C(C)C(=O)OCOCC1(C)C2CC3CC(C2)CC1C3.C=C(C)C(=O)OCOCC1CCCC1.C=C(C)C(=O)OCOCC1CCCCC1. The van der Waals surface area contributed by atoms with Crippen molar-refractivity contribution in [3.8, 4) is 0 Å². The van der Waals surface area contributed by atoms with Crippen LogP contribution in [0, 0.1) is 40.9 Å². The van der Waals surface area contributed by atoms with E-state index in [4.69, 9.17) is 37.9 Å². The molecule has 0 atom stereocenters. The second-order valence-electron chi connectivity index (χ2n) is 19.7. The van der Waals surface area contributed by atoms with Gasteiger partial charge in [-0.2, -0.15) is 0 Å². The van der Waals surface area contributed by atoms with Gasteiger partial charge in [-0.05, 0) is 139 Å². The third-order valence-electron chi connectivity index (χ3n) is 13.8. The molecule has 7 fully saturated rings. The van der Waals surface area contributed by atoms with Gasteiger partial charge in [0.05, 0.1) is 25.9 Å². The van der Waals surface area contributed by atoms with Crippen molar-refractivity contribution in [1.29, 1.82) is 0 Å². The number of hydrogen-bond acceptors (Lipinski definition) is 12. The fourth-order valence-corrected chi connectivity index (χ4v) is 10.1. The molecule has 7 saturated carbocycles. The molecule has 12 heteroatoms. The first-order chi connectivity index (χ1) is 30.6. The van der Waals surface area contributed by atoms with Gasteiger partial charge >= 0.3 is 23.9 Å². The van der Waals surface area contributed by atoms with Crippen LogP contribution in [-0.2, 0) is 57.1 Å². The summed E-state index contributed by atoms with van der Waals surface area (Å²) in [6, 6.07) is 0. The van der Waals surface area contributed by atoms with E-state index in [9.17, 15) is 19.2 Å². The van der Waals surface area contributed by atoms with E-state index in [1.807, 2.05) is 0 Å². The zero-order valence-electron chi connectivity index (χ0n) is 40.4. The van der Waals surface area contributed by atoms with E-state index in [2.05, 4.69) is 33.2 Å². The van der Waals surface area contributed by atoms with Crippen molar-refractivity contribution in [2.75, 3.05) is 47.0 Å². The molecule has 0 amide bonds. The first-order valence-electron chi connectivity index (χ1n) is 24.2. The molecule has 0 saturated heterocycles. The lowest BCUT2D eigenvalue weighted by Gasteiger charge is -2.60. The maximum absolute atomic E-state index is 11.3. The van der Waals surface area contributed by atoms with Crippen LogP contribution < -0.4 is 0 Å². The van der Waals surface area contributed by atoms with Gasteiger partial charge in [-0.3, -0.25) is 0 Å². The first-order valence-corrected chi connectivity index (χ1v) is 24.2. The van der Waals surface area contributed by atoms with E-state index in [0.29, 0.717) is 52.8 Å². The third-order valence-corrected chi connectivity index (χ3v) is 13.8. The van der Waals surface area contributed by atoms with Crippen LogP contribution in [0.25, 0.3) is 0 Å². The lowest BCUT2D eigenvalue weighted by atomic mass is 9.46. The van der Waals surface area contributed by atoms with Crippen LogP contribution >= 0.6 is 0 Å². The molecule has 0 heterocycles. The highest BCUT2D eigenvalue weighted by molar-refractivity contribution is 5.88. The molecule has 64 heavy (non-hydrogen) atoms. The van der Waals surface area contributed by atoms with Crippen LogP contribution in [0.4, 0.5) is 0 Å². The minimum absolute atomic E-state index is 0.0577. The van der Waals surface area contributed by atoms with Crippen molar-refractivity contribution in [3.05, 3.63) is 48.6 Å². The highest BCUT2D eigenvalue weighted by Gasteiger charge is 2.54. The molecule has 0 aliphatic heterocycles. The average Bonchev–Trinajstić information content (AvgIpc) is 3.66. The Balaban J connectivity index is 0.000000230. The number of carbonyl (C=O) groups excluding carboxylic acids is 4. The molecule has 364 valence electrons. The van der Waals surface area contributed by atoms with Crippen molar-refractivity contribution >= 4 is 23.9 Å². The summed E-state index contributed by atoms with van der Waals surface area (Å²) in [7, 11) is 0. The number of carbonyl (C=O) groups is 4. The van der Waals surface area contributed by atoms with E-state index < -0.39 is 0 Å². The van der Waals surface area contributed by atoms with Crippen molar-refractivity contribution in [2.24, 2.45) is 40.9 Å². The van der Waals surface area contributed by atoms with Crippen LogP contribution in [0.5, 0.6) is 0 Å². The van der Waals surface area contributed by atoms with Gasteiger partial charge in [0.15, 0.2) is 27.2 Å². The third kappa shape index (κ3) is 20.9. The topological polar surface area (TPSA) is 142 Å². The van der Waals surface area contributed by atoms with Gasteiger partial charge < -0.3 is 37.9 Å². The van der Waals surface area contributed by atoms with Gasteiger partial charge in [0.2, 0.25) is 0 Å².